The van der Waals surface area contributed by atoms with Gasteiger partial charge in [-0.1, -0.05) is 23.2 Å². The number of hydrogen-bond acceptors (Lipinski definition) is 10. The van der Waals surface area contributed by atoms with Gasteiger partial charge in [-0.15, -0.1) is 0 Å². The molecule has 3 aliphatic heterocycles. The molecule has 0 spiro atoms. The molecule has 0 aliphatic carbocycles. The van der Waals surface area contributed by atoms with Crippen molar-refractivity contribution in [1.82, 2.24) is 29.7 Å². The molecule has 0 amide bonds. The fourth-order valence-corrected chi connectivity index (χ4v) is 6.66. The van der Waals surface area contributed by atoms with E-state index in [0.717, 1.165) is 100 Å². The lowest BCUT2D eigenvalue weighted by molar-refractivity contribution is -0.0661. The largest absolute Gasteiger partial charge is 0.449 e. The Morgan fingerprint density at radius 3 is 2.25 bits per heavy atom. The van der Waals surface area contributed by atoms with Gasteiger partial charge < -0.3 is 18.8 Å². The molecule has 3 fully saturated rings. The molecular formula is C32H35Cl2N7O3. The first-order chi connectivity index (χ1) is 21.4. The predicted octanol–water partition coefficient (Wildman–Crippen LogP) is 5.83. The van der Waals surface area contributed by atoms with Gasteiger partial charge >= 0.3 is 0 Å². The van der Waals surface area contributed by atoms with Gasteiger partial charge in [-0.3, -0.25) is 9.80 Å². The second-order valence-electron chi connectivity index (χ2n) is 11.7. The maximum absolute atomic E-state index is 6.35. The average molecular weight is 637 g/mol. The number of aryl methyl sites for hydroxylation is 1. The summed E-state index contributed by atoms with van der Waals surface area (Å²) in [4.78, 5) is 25.8. The Balaban J connectivity index is 1.06. The Labute approximate surface area is 266 Å². The summed E-state index contributed by atoms with van der Waals surface area (Å²) >= 11 is 12.7. The maximum Gasteiger partial charge on any atom is 0.225 e. The zero-order valence-electron chi connectivity index (χ0n) is 24.7. The van der Waals surface area contributed by atoms with Gasteiger partial charge in [0, 0.05) is 67.2 Å². The van der Waals surface area contributed by atoms with E-state index in [2.05, 4.69) is 35.7 Å². The van der Waals surface area contributed by atoms with Gasteiger partial charge in [-0.05, 0) is 55.8 Å². The molecule has 3 aliphatic rings. The van der Waals surface area contributed by atoms with Crippen molar-refractivity contribution in [3.8, 4) is 22.9 Å². The minimum atomic E-state index is 0.424. The summed E-state index contributed by atoms with van der Waals surface area (Å²) in [7, 11) is 0. The highest BCUT2D eigenvalue weighted by atomic mass is 35.5. The zero-order chi connectivity index (χ0) is 30.0. The molecule has 12 heteroatoms. The third-order valence-electron chi connectivity index (χ3n) is 8.64. The van der Waals surface area contributed by atoms with E-state index in [-0.39, 0.29) is 0 Å². The quantitative estimate of drug-likeness (QED) is 0.235. The van der Waals surface area contributed by atoms with Crippen LogP contribution in [0.1, 0.15) is 35.9 Å². The number of anilines is 1. The molecule has 0 N–H and O–H groups in total. The van der Waals surface area contributed by atoms with Gasteiger partial charge in [0.25, 0.3) is 0 Å². The maximum atomic E-state index is 6.35. The van der Waals surface area contributed by atoms with Crippen molar-refractivity contribution in [3.05, 3.63) is 76.2 Å². The van der Waals surface area contributed by atoms with E-state index in [1.807, 2.05) is 25.1 Å². The minimum Gasteiger partial charge on any atom is -0.449 e. The van der Waals surface area contributed by atoms with Gasteiger partial charge in [0.2, 0.25) is 11.8 Å². The van der Waals surface area contributed by atoms with E-state index in [0.29, 0.717) is 39.6 Å². The van der Waals surface area contributed by atoms with E-state index < -0.39 is 0 Å². The number of rotatable bonds is 8. The fourth-order valence-electron chi connectivity index (χ4n) is 6.13. The molecule has 6 heterocycles. The second kappa shape index (κ2) is 13.0. The number of likely N-dealkylation sites (tertiary alicyclic amines) is 1. The van der Waals surface area contributed by atoms with Crippen molar-refractivity contribution in [3.63, 3.8) is 0 Å². The molecule has 0 unspecified atom stereocenters. The van der Waals surface area contributed by atoms with Crippen LogP contribution >= 0.6 is 23.2 Å². The predicted molar refractivity (Wildman–Crippen MR) is 169 cm³/mol. The Hall–Kier alpha value is -3.28. The van der Waals surface area contributed by atoms with E-state index in [9.17, 15) is 0 Å². The monoisotopic (exact) mass is 635 g/mol. The number of oxazole rings is 1. The average Bonchev–Trinajstić information content (AvgIpc) is 3.43. The highest BCUT2D eigenvalue weighted by Gasteiger charge is 2.29. The van der Waals surface area contributed by atoms with Crippen LogP contribution in [-0.4, -0.2) is 88.3 Å². The van der Waals surface area contributed by atoms with E-state index in [1.54, 1.807) is 24.7 Å². The zero-order valence-corrected chi connectivity index (χ0v) is 26.2. The van der Waals surface area contributed by atoms with Crippen LogP contribution < -0.4 is 9.64 Å². The molecule has 0 bridgehead atoms. The lowest BCUT2D eigenvalue weighted by Crippen LogP contribution is -2.56. The minimum absolute atomic E-state index is 0.424. The van der Waals surface area contributed by atoms with Crippen LogP contribution in [0.5, 0.6) is 11.6 Å². The molecule has 1 aromatic carbocycles. The van der Waals surface area contributed by atoms with Crippen LogP contribution in [0.15, 0.2) is 53.4 Å². The number of piperidine rings is 1. The number of benzene rings is 1. The van der Waals surface area contributed by atoms with E-state index >= 15 is 0 Å². The van der Waals surface area contributed by atoms with Gasteiger partial charge in [-0.25, -0.2) is 19.9 Å². The third-order valence-corrected chi connectivity index (χ3v) is 9.08. The highest BCUT2D eigenvalue weighted by Crippen LogP contribution is 2.32. The standard InChI is InChI=1S/C32H35Cl2N7O3/c1-21-37-30(20-43-21)23-2-4-39(5-3-23)17-22-10-29(24-12-25(33)14-26(34)13-24)38-31(11-22)44-28-15-35-32(36-16-28)41-8-6-40(7-9-41)27-18-42-19-27/h10-16,20,23,27H,2-9,17-19H2,1H3. The van der Waals surface area contributed by atoms with Crippen molar-refractivity contribution in [2.45, 2.75) is 38.3 Å². The lowest BCUT2D eigenvalue weighted by Gasteiger charge is -2.42. The van der Waals surface area contributed by atoms with Gasteiger partial charge in [-0.2, -0.15) is 0 Å². The van der Waals surface area contributed by atoms with Gasteiger partial charge in [0.05, 0.1) is 43.0 Å². The Morgan fingerprint density at radius 2 is 1.61 bits per heavy atom. The van der Waals surface area contributed by atoms with Crippen LogP contribution in [0.3, 0.4) is 0 Å². The topological polar surface area (TPSA) is 92.9 Å². The molecule has 0 saturated carbocycles. The smallest absolute Gasteiger partial charge is 0.225 e. The Kier molecular flexibility index (Phi) is 8.69. The van der Waals surface area contributed by atoms with Crippen LogP contribution in [0.4, 0.5) is 5.95 Å². The van der Waals surface area contributed by atoms with Gasteiger partial charge in [0.15, 0.2) is 11.6 Å². The summed E-state index contributed by atoms with van der Waals surface area (Å²) in [5.74, 6) is 2.85. The van der Waals surface area contributed by atoms with Crippen molar-refractivity contribution >= 4 is 29.2 Å². The van der Waals surface area contributed by atoms with Crippen LogP contribution in [0.25, 0.3) is 11.3 Å². The molecule has 0 atom stereocenters. The third kappa shape index (κ3) is 6.84. The molecule has 3 saturated heterocycles. The van der Waals surface area contributed by atoms with Gasteiger partial charge in [0.1, 0.15) is 6.26 Å². The summed E-state index contributed by atoms with van der Waals surface area (Å²) < 4.78 is 17.0. The summed E-state index contributed by atoms with van der Waals surface area (Å²) in [6, 6.07) is 10.1. The molecule has 7 rings (SSSR count). The molecule has 10 nitrogen and oxygen atoms in total. The fraction of sp³-hybridized carbons (Fsp3) is 0.438. The van der Waals surface area contributed by atoms with Crippen LogP contribution in [0, 0.1) is 6.92 Å². The van der Waals surface area contributed by atoms with E-state index in [1.165, 1.54) is 0 Å². The Bertz CT molecular complexity index is 1560. The van der Waals surface area contributed by atoms with Crippen molar-refractivity contribution in [1.29, 1.82) is 0 Å². The summed E-state index contributed by atoms with van der Waals surface area (Å²) in [6.07, 6.45) is 7.30. The molecule has 4 aromatic rings. The van der Waals surface area contributed by atoms with Crippen LogP contribution in [0.2, 0.25) is 10.0 Å². The molecule has 3 aromatic heterocycles. The first-order valence-electron chi connectivity index (χ1n) is 15.1. The van der Waals surface area contributed by atoms with Crippen molar-refractivity contribution in [2.24, 2.45) is 0 Å². The number of piperazine rings is 1. The molecule has 44 heavy (non-hydrogen) atoms. The number of nitrogens with zero attached hydrogens (tertiary/aromatic N) is 7. The number of halogens is 2. The van der Waals surface area contributed by atoms with Crippen LogP contribution in [-0.2, 0) is 11.3 Å². The van der Waals surface area contributed by atoms with Crippen molar-refractivity contribution in [2.75, 3.05) is 57.4 Å². The molecule has 230 valence electrons. The highest BCUT2D eigenvalue weighted by molar-refractivity contribution is 6.35. The van der Waals surface area contributed by atoms with E-state index in [4.69, 9.17) is 42.1 Å². The number of ether oxygens (including phenoxy) is 2. The number of aromatic nitrogens is 4. The molecular weight excluding hydrogens is 601 g/mol. The summed E-state index contributed by atoms with van der Waals surface area (Å²) in [5, 5.41) is 1.11. The summed E-state index contributed by atoms with van der Waals surface area (Å²) in [6.45, 7) is 10.0. The van der Waals surface area contributed by atoms with Crippen molar-refractivity contribution < 1.29 is 13.9 Å². The Morgan fingerprint density at radius 1 is 0.886 bits per heavy atom. The lowest BCUT2D eigenvalue weighted by atomic mass is 9.94. The number of hydrogen-bond donors (Lipinski definition) is 0. The second-order valence-corrected chi connectivity index (χ2v) is 12.6. The first kappa shape index (κ1) is 29.4. The first-order valence-corrected chi connectivity index (χ1v) is 15.9. The summed E-state index contributed by atoms with van der Waals surface area (Å²) in [5.41, 5.74) is 3.71. The SMILES string of the molecule is Cc1nc(C2CCN(Cc3cc(Oc4cnc(N5CCN(C6COC6)CC5)nc4)nc(-c4cc(Cl)cc(Cl)c4)c3)CC2)co1. The number of pyridine rings is 1. The normalized spacial score (nSPS) is 18.8. The molecule has 0 radical (unpaired) electrons.